The molecule has 3 heteroatoms. The van der Waals surface area contributed by atoms with E-state index < -0.39 is 0 Å². The molecule has 0 aliphatic heterocycles. The van der Waals surface area contributed by atoms with Crippen LogP contribution in [-0.2, 0) is 6.54 Å². The Bertz CT molecular complexity index is 310. The molecule has 1 aromatic rings. The average molecular weight is 225 g/mol. The minimum Gasteiger partial charge on any atom is -0.496 e. The van der Waals surface area contributed by atoms with Gasteiger partial charge in [-0.1, -0.05) is 13.3 Å². The van der Waals surface area contributed by atoms with Gasteiger partial charge in [0.25, 0.3) is 0 Å². The maximum absolute atomic E-state index is 5.30. The molecule has 0 aromatic carbocycles. The van der Waals surface area contributed by atoms with Gasteiger partial charge in [-0.05, 0) is 30.2 Å². The number of ether oxygens (including phenoxy) is 1. The molecule has 2 rings (SSSR count). The highest BCUT2D eigenvalue weighted by molar-refractivity contribution is 7.10. The van der Waals surface area contributed by atoms with Crippen molar-refractivity contribution in [1.82, 2.24) is 5.32 Å². The summed E-state index contributed by atoms with van der Waals surface area (Å²) in [6, 6.07) is 2.75. The number of nitrogens with one attached hydrogen (secondary N) is 1. The molecule has 2 nitrogen and oxygen atoms in total. The number of rotatable bonds is 4. The Hall–Kier alpha value is -0.540. The first-order chi connectivity index (χ1) is 7.31. The number of methoxy groups -OCH3 is 1. The van der Waals surface area contributed by atoms with Gasteiger partial charge in [-0.2, -0.15) is 0 Å². The van der Waals surface area contributed by atoms with Crippen molar-refractivity contribution in [3.8, 4) is 5.75 Å². The highest BCUT2D eigenvalue weighted by atomic mass is 32.1. The molecular formula is C12H19NOS. The Balaban J connectivity index is 1.87. The molecule has 1 fully saturated rings. The quantitative estimate of drug-likeness (QED) is 0.850. The predicted molar refractivity (Wildman–Crippen MR) is 64.5 cm³/mol. The summed E-state index contributed by atoms with van der Waals surface area (Å²) in [5.74, 6) is 1.86. The summed E-state index contributed by atoms with van der Waals surface area (Å²) < 4.78 is 5.30. The molecule has 2 atom stereocenters. The number of thiophene rings is 1. The van der Waals surface area contributed by atoms with Crippen molar-refractivity contribution in [2.45, 2.75) is 38.8 Å². The van der Waals surface area contributed by atoms with E-state index in [9.17, 15) is 0 Å². The van der Waals surface area contributed by atoms with E-state index in [4.69, 9.17) is 4.74 Å². The van der Waals surface area contributed by atoms with E-state index in [-0.39, 0.29) is 0 Å². The van der Waals surface area contributed by atoms with E-state index in [0.717, 1.165) is 18.2 Å². The van der Waals surface area contributed by atoms with Crippen LogP contribution in [0.4, 0.5) is 0 Å². The lowest BCUT2D eigenvalue weighted by molar-refractivity contribution is 0.398. The molecule has 1 heterocycles. The van der Waals surface area contributed by atoms with Gasteiger partial charge < -0.3 is 10.1 Å². The maximum Gasteiger partial charge on any atom is 0.134 e. The van der Waals surface area contributed by atoms with E-state index in [1.807, 2.05) is 6.07 Å². The fourth-order valence-electron chi connectivity index (χ4n) is 2.31. The van der Waals surface area contributed by atoms with E-state index in [0.29, 0.717) is 6.04 Å². The third kappa shape index (κ3) is 2.52. The summed E-state index contributed by atoms with van der Waals surface area (Å²) in [5.41, 5.74) is 0. The highest BCUT2D eigenvalue weighted by Crippen LogP contribution is 2.27. The molecule has 0 radical (unpaired) electrons. The van der Waals surface area contributed by atoms with Gasteiger partial charge in [0.2, 0.25) is 0 Å². The third-order valence-corrected chi connectivity index (χ3v) is 4.21. The molecular weight excluding hydrogens is 206 g/mol. The highest BCUT2D eigenvalue weighted by Gasteiger charge is 2.22. The zero-order valence-electron chi connectivity index (χ0n) is 9.45. The number of hydrogen-bond acceptors (Lipinski definition) is 3. The molecule has 0 bridgehead atoms. The van der Waals surface area contributed by atoms with Gasteiger partial charge in [0.1, 0.15) is 5.75 Å². The monoisotopic (exact) mass is 225 g/mol. The maximum atomic E-state index is 5.30. The average Bonchev–Trinajstić information content (AvgIpc) is 2.83. The van der Waals surface area contributed by atoms with Crippen molar-refractivity contribution in [1.29, 1.82) is 0 Å². The smallest absolute Gasteiger partial charge is 0.134 e. The van der Waals surface area contributed by atoms with Gasteiger partial charge in [-0.3, -0.25) is 0 Å². The fraction of sp³-hybridized carbons (Fsp3) is 0.667. The van der Waals surface area contributed by atoms with Crippen molar-refractivity contribution in [3.63, 3.8) is 0 Å². The van der Waals surface area contributed by atoms with Gasteiger partial charge in [0.05, 0.1) is 12.0 Å². The van der Waals surface area contributed by atoms with Crippen LogP contribution in [0, 0.1) is 5.92 Å². The Kier molecular flexibility index (Phi) is 3.65. The van der Waals surface area contributed by atoms with Gasteiger partial charge in [-0.25, -0.2) is 0 Å². The van der Waals surface area contributed by atoms with Crippen LogP contribution in [0.1, 0.15) is 31.1 Å². The first kappa shape index (κ1) is 11.0. The standard InChI is InChI=1S/C12H19NOS/c1-9-4-3-5-10(9)13-8-12-11(14-2)6-7-15-12/h6-7,9-10,13H,3-5,8H2,1-2H3. The first-order valence-corrected chi connectivity index (χ1v) is 6.53. The molecule has 15 heavy (non-hydrogen) atoms. The minimum atomic E-state index is 0.705. The van der Waals surface area contributed by atoms with Crippen LogP contribution in [-0.4, -0.2) is 13.2 Å². The lowest BCUT2D eigenvalue weighted by Gasteiger charge is -2.16. The van der Waals surface area contributed by atoms with Crippen LogP contribution >= 0.6 is 11.3 Å². The SMILES string of the molecule is COc1ccsc1CNC1CCCC1C. The molecule has 0 amide bonds. The van der Waals surface area contributed by atoms with Crippen molar-refractivity contribution in [2.75, 3.05) is 7.11 Å². The topological polar surface area (TPSA) is 21.3 Å². The van der Waals surface area contributed by atoms with Crippen LogP contribution in [0.15, 0.2) is 11.4 Å². The van der Waals surface area contributed by atoms with Gasteiger partial charge in [-0.15, -0.1) is 11.3 Å². The molecule has 1 aromatic heterocycles. The van der Waals surface area contributed by atoms with Crippen LogP contribution in [0.25, 0.3) is 0 Å². The summed E-state index contributed by atoms with van der Waals surface area (Å²) in [4.78, 5) is 1.32. The largest absolute Gasteiger partial charge is 0.496 e. The first-order valence-electron chi connectivity index (χ1n) is 5.65. The summed E-state index contributed by atoms with van der Waals surface area (Å²) in [6.45, 7) is 3.30. The molecule has 1 N–H and O–H groups in total. The molecule has 1 aliphatic rings. The van der Waals surface area contributed by atoms with Crippen molar-refractivity contribution >= 4 is 11.3 Å². The van der Waals surface area contributed by atoms with E-state index in [2.05, 4.69) is 17.6 Å². The second kappa shape index (κ2) is 4.99. The normalized spacial score (nSPS) is 25.7. The molecule has 1 aliphatic carbocycles. The Morgan fingerprint density at radius 1 is 1.53 bits per heavy atom. The minimum absolute atomic E-state index is 0.705. The zero-order chi connectivity index (χ0) is 10.7. The van der Waals surface area contributed by atoms with E-state index in [1.54, 1.807) is 18.4 Å². The number of hydrogen-bond donors (Lipinski definition) is 1. The lowest BCUT2D eigenvalue weighted by atomic mass is 10.1. The van der Waals surface area contributed by atoms with E-state index in [1.165, 1.54) is 24.1 Å². The third-order valence-electron chi connectivity index (χ3n) is 3.31. The van der Waals surface area contributed by atoms with Crippen molar-refractivity contribution in [2.24, 2.45) is 5.92 Å². The summed E-state index contributed by atoms with van der Waals surface area (Å²) in [7, 11) is 1.74. The molecule has 0 saturated heterocycles. The zero-order valence-corrected chi connectivity index (χ0v) is 10.3. The molecule has 1 saturated carbocycles. The summed E-state index contributed by atoms with van der Waals surface area (Å²) in [5, 5.41) is 5.73. The van der Waals surface area contributed by atoms with Crippen molar-refractivity contribution in [3.05, 3.63) is 16.3 Å². The molecule has 84 valence electrons. The van der Waals surface area contributed by atoms with Gasteiger partial charge in [0, 0.05) is 12.6 Å². The second-order valence-corrected chi connectivity index (χ2v) is 5.31. The fourth-order valence-corrected chi connectivity index (χ4v) is 3.10. The molecule has 0 spiro atoms. The second-order valence-electron chi connectivity index (χ2n) is 4.31. The predicted octanol–water partition coefficient (Wildman–Crippen LogP) is 3.03. The Morgan fingerprint density at radius 2 is 2.40 bits per heavy atom. The van der Waals surface area contributed by atoms with Crippen LogP contribution in [0.2, 0.25) is 0 Å². The van der Waals surface area contributed by atoms with Crippen LogP contribution in [0.3, 0.4) is 0 Å². The summed E-state index contributed by atoms with van der Waals surface area (Å²) >= 11 is 1.77. The summed E-state index contributed by atoms with van der Waals surface area (Å²) in [6.07, 6.45) is 4.08. The van der Waals surface area contributed by atoms with Gasteiger partial charge >= 0.3 is 0 Å². The van der Waals surface area contributed by atoms with Crippen LogP contribution in [0.5, 0.6) is 5.75 Å². The molecule has 2 unspecified atom stereocenters. The Labute approximate surface area is 95.6 Å². The van der Waals surface area contributed by atoms with Crippen molar-refractivity contribution < 1.29 is 4.74 Å². The van der Waals surface area contributed by atoms with E-state index >= 15 is 0 Å². The Morgan fingerprint density at radius 3 is 3.07 bits per heavy atom. The van der Waals surface area contributed by atoms with Gasteiger partial charge in [0.15, 0.2) is 0 Å². The van der Waals surface area contributed by atoms with Crippen LogP contribution < -0.4 is 10.1 Å². The lowest BCUT2D eigenvalue weighted by Crippen LogP contribution is -2.30.